The molecule has 0 spiro atoms. The average molecular weight is 510 g/mol. The molecular formula is C29H31N7O2. The first-order valence-electron chi connectivity index (χ1n) is 12.6. The van der Waals surface area contributed by atoms with E-state index >= 15 is 0 Å². The molecule has 194 valence electrons. The number of hydrogen-bond donors (Lipinski definition) is 2. The first-order valence-corrected chi connectivity index (χ1v) is 12.6. The van der Waals surface area contributed by atoms with Crippen LogP contribution in [0.1, 0.15) is 47.7 Å². The number of pyridine rings is 1. The Hall–Kier alpha value is -4.66. The van der Waals surface area contributed by atoms with Gasteiger partial charge in [-0.25, -0.2) is 9.78 Å². The highest BCUT2D eigenvalue weighted by Crippen LogP contribution is 2.26. The van der Waals surface area contributed by atoms with E-state index in [2.05, 4.69) is 39.7 Å². The fourth-order valence-corrected chi connectivity index (χ4v) is 4.33. The molecule has 3 aromatic heterocycles. The molecule has 38 heavy (non-hydrogen) atoms. The standard InChI is InChI=1S/C29H31N7O2/c1-19(2)27-26(38-29(37)32-14-23-8-9-25-24(12-23)10-11-31-28(25)30)18-36(34-27)17-22-6-4-21(5-7-22)16-35-15-20(3)13-33-35/h4-13,15,18-19H,14,16-17H2,1-3H3,(H2,30,31)(H,32,37). The van der Waals surface area contributed by atoms with E-state index < -0.39 is 6.09 Å². The Kier molecular flexibility index (Phi) is 7.08. The molecule has 9 heteroatoms. The molecule has 0 unspecified atom stereocenters. The number of amides is 1. The van der Waals surface area contributed by atoms with Crippen LogP contribution in [-0.2, 0) is 19.6 Å². The predicted octanol–water partition coefficient (Wildman–Crippen LogP) is 5.03. The van der Waals surface area contributed by atoms with E-state index in [1.165, 1.54) is 5.56 Å². The summed E-state index contributed by atoms with van der Waals surface area (Å²) in [6.45, 7) is 7.71. The fourth-order valence-electron chi connectivity index (χ4n) is 4.33. The maximum Gasteiger partial charge on any atom is 0.412 e. The maximum atomic E-state index is 12.6. The van der Waals surface area contributed by atoms with Crippen molar-refractivity contribution in [3.63, 3.8) is 0 Å². The van der Waals surface area contributed by atoms with Crippen LogP contribution in [0.15, 0.2) is 73.3 Å². The Morgan fingerprint density at radius 2 is 1.71 bits per heavy atom. The van der Waals surface area contributed by atoms with Gasteiger partial charge in [0, 0.05) is 30.2 Å². The summed E-state index contributed by atoms with van der Waals surface area (Å²) in [6, 6.07) is 16.1. The number of nitrogen functional groups attached to an aromatic ring is 1. The van der Waals surface area contributed by atoms with Crippen LogP contribution in [0.2, 0.25) is 0 Å². The number of benzene rings is 2. The minimum absolute atomic E-state index is 0.0958. The number of anilines is 1. The van der Waals surface area contributed by atoms with E-state index in [0.29, 0.717) is 24.7 Å². The lowest BCUT2D eigenvalue weighted by atomic mass is 10.1. The SMILES string of the molecule is Cc1cnn(Cc2ccc(Cn3cc(OC(=O)NCc4ccc5c(N)nccc5c4)c(C(C)C)n3)cc2)c1. The quantitative estimate of drug-likeness (QED) is 0.303. The minimum atomic E-state index is -0.529. The van der Waals surface area contributed by atoms with E-state index in [0.717, 1.165) is 39.7 Å². The highest BCUT2D eigenvalue weighted by Gasteiger charge is 2.17. The van der Waals surface area contributed by atoms with Crippen LogP contribution in [0.4, 0.5) is 10.6 Å². The van der Waals surface area contributed by atoms with Gasteiger partial charge in [0.15, 0.2) is 5.75 Å². The molecule has 0 atom stereocenters. The van der Waals surface area contributed by atoms with Crippen molar-refractivity contribution >= 4 is 22.7 Å². The van der Waals surface area contributed by atoms with E-state index in [9.17, 15) is 4.79 Å². The molecule has 0 radical (unpaired) electrons. The summed E-state index contributed by atoms with van der Waals surface area (Å²) in [5.74, 6) is 1.04. The molecule has 0 aliphatic carbocycles. The number of nitrogens with zero attached hydrogens (tertiary/aromatic N) is 5. The fraction of sp³-hybridized carbons (Fsp3) is 0.241. The molecule has 1 amide bonds. The first-order chi connectivity index (χ1) is 18.3. The molecule has 0 aliphatic rings. The minimum Gasteiger partial charge on any atom is -0.407 e. The second kappa shape index (κ2) is 10.8. The van der Waals surface area contributed by atoms with E-state index in [-0.39, 0.29) is 5.92 Å². The Labute approximate surface area is 221 Å². The van der Waals surface area contributed by atoms with Crippen molar-refractivity contribution in [2.24, 2.45) is 0 Å². The molecule has 5 rings (SSSR count). The molecular weight excluding hydrogens is 478 g/mol. The van der Waals surface area contributed by atoms with Crippen LogP contribution >= 0.6 is 0 Å². The summed E-state index contributed by atoms with van der Waals surface area (Å²) >= 11 is 0. The van der Waals surface area contributed by atoms with Gasteiger partial charge in [-0.1, -0.05) is 50.2 Å². The third-order valence-electron chi connectivity index (χ3n) is 6.28. The normalized spacial score (nSPS) is 11.3. The van der Waals surface area contributed by atoms with Gasteiger partial charge in [-0.3, -0.25) is 9.36 Å². The summed E-state index contributed by atoms with van der Waals surface area (Å²) in [6.07, 6.45) is 6.81. The molecule has 3 heterocycles. The molecule has 0 bridgehead atoms. The number of ether oxygens (including phenoxy) is 1. The third-order valence-corrected chi connectivity index (χ3v) is 6.28. The first kappa shape index (κ1) is 25.0. The third kappa shape index (κ3) is 5.83. The molecule has 3 N–H and O–H groups in total. The zero-order chi connectivity index (χ0) is 26.6. The summed E-state index contributed by atoms with van der Waals surface area (Å²) in [7, 11) is 0. The lowest BCUT2D eigenvalue weighted by Gasteiger charge is -2.09. The summed E-state index contributed by atoms with van der Waals surface area (Å²) in [4.78, 5) is 16.7. The molecule has 0 aliphatic heterocycles. The van der Waals surface area contributed by atoms with Gasteiger partial charge in [-0.05, 0) is 46.7 Å². The Bertz CT molecular complexity index is 1570. The number of carbonyl (C=O) groups is 1. The second-order valence-electron chi connectivity index (χ2n) is 9.76. The van der Waals surface area contributed by atoms with Gasteiger partial charge in [0.1, 0.15) is 11.5 Å². The van der Waals surface area contributed by atoms with Crippen molar-refractivity contribution in [3.8, 4) is 5.75 Å². The van der Waals surface area contributed by atoms with Crippen LogP contribution in [0.3, 0.4) is 0 Å². The van der Waals surface area contributed by atoms with E-state index in [1.54, 1.807) is 12.4 Å². The highest BCUT2D eigenvalue weighted by molar-refractivity contribution is 5.91. The Morgan fingerprint density at radius 1 is 1.00 bits per heavy atom. The zero-order valence-electron chi connectivity index (χ0n) is 21.8. The molecule has 5 aromatic rings. The summed E-state index contributed by atoms with van der Waals surface area (Å²) < 4.78 is 9.40. The highest BCUT2D eigenvalue weighted by atomic mass is 16.6. The lowest BCUT2D eigenvalue weighted by molar-refractivity contribution is 0.199. The van der Waals surface area contributed by atoms with Crippen molar-refractivity contribution in [1.82, 2.24) is 29.9 Å². The van der Waals surface area contributed by atoms with Gasteiger partial charge in [0.25, 0.3) is 0 Å². The number of nitrogens with two attached hydrogens (primary N) is 1. The van der Waals surface area contributed by atoms with E-state index in [4.69, 9.17) is 15.6 Å². The molecule has 0 fully saturated rings. The number of nitrogens with one attached hydrogen (secondary N) is 1. The van der Waals surface area contributed by atoms with Gasteiger partial charge in [-0.15, -0.1) is 0 Å². The second-order valence-corrected chi connectivity index (χ2v) is 9.76. The Morgan fingerprint density at radius 3 is 2.39 bits per heavy atom. The largest absolute Gasteiger partial charge is 0.412 e. The van der Waals surface area contributed by atoms with Crippen LogP contribution in [0.5, 0.6) is 5.75 Å². The van der Waals surface area contributed by atoms with Gasteiger partial charge in [0.05, 0.1) is 25.5 Å². The molecule has 0 saturated heterocycles. The van der Waals surface area contributed by atoms with Gasteiger partial charge in [-0.2, -0.15) is 10.2 Å². The van der Waals surface area contributed by atoms with Gasteiger partial charge < -0.3 is 15.8 Å². The number of fused-ring (bicyclic) bond motifs is 1. The van der Waals surface area contributed by atoms with Gasteiger partial charge in [0.2, 0.25) is 0 Å². The lowest BCUT2D eigenvalue weighted by Crippen LogP contribution is -2.26. The van der Waals surface area contributed by atoms with Crippen LogP contribution in [0.25, 0.3) is 10.8 Å². The maximum absolute atomic E-state index is 12.6. The van der Waals surface area contributed by atoms with E-state index in [1.807, 2.05) is 66.8 Å². The van der Waals surface area contributed by atoms with Crippen molar-refractivity contribution in [2.45, 2.75) is 46.3 Å². The molecule has 9 nitrogen and oxygen atoms in total. The Balaban J connectivity index is 1.21. The predicted molar refractivity (Wildman–Crippen MR) is 147 cm³/mol. The average Bonchev–Trinajstić information content (AvgIpc) is 3.49. The van der Waals surface area contributed by atoms with Crippen LogP contribution in [0, 0.1) is 6.92 Å². The van der Waals surface area contributed by atoms with Crippen molar-refractivity contribution in [1.29, 1.82) is 0 Å². The van der Waals surface area contributed by atoms with Gasteiger partial charge >= 0.3 is 6.09 Å². The van der Waals surface area contributed by atoms with Crippen LogP contribution < -0.4 is 15.8 Å². The summed E-state index contributed by atoms with van der Waals surface area (Å²) in [5.41, 5.74) is 11.0. The van der Waals surface area contributed by atoms with Crippen molar-refractivity contribution < 1.29 is 9.53 Å². The number of aryl methyl sites for hydroxylation is 1. The number of aromatic nitrogens is 5. The van der Waals surface area contributed by atoms with Crippen molar-refractivity contribution in [2.75, 3.05) is 5.73 Å². The smallest absolute Gasteiger partial charge is 0.407 e. The zero-order valence-corrected chi connectivity index (χ0v) is 21.8. The number of hydrogen-bond acceptors (Lipinski definition) is 6. The topological polar surface area (TPSA) is 113 Å². The summed E-state index contributed by atoms with van der Waals surface area (Å²) in [5, 5.41) is 13.7. The number of rotatable bonds is 8. The number of carbonyl (C=O) groups excluding carboxylic acids is 1. The van der Waals surface area contributed by atoms with Crippen LogP contribution in [-0.4, -0.2) is 30.6 Å². The molecule has 2 aromatic carbocycles. The molecule has 0 saturated carbocycles. The monoisotopic (exact) mass is 509 g/mol. The van der Waals surface area contributed by atoms with Crippen molar-refractivity contribution in [3.05, 3.63) is 101 Å².